The van der Waals surface area contributed by atoms with Crippen molar-refractivity contribution >= 4 is 56.1 Å². The zero-order valence-electron chi connectivity index (χ0n) is 9.87. The van der Waals surface area contributed by atoms with Crippen LogP contribution in [0.25, 0.3) is 16.7 Å². The summed E-state index contributed by atoms with van der Waals surface area (Å²) in [7, 11) is 0. The molecular formula is C13H7BrCl2FN3. The fraction of sp³-hybridized carbons (Fsp3) is 0. The van der Waals surface area contributed by atoms with E-state index in [1.807, 2.05) is 0 Å². The Bertz CT molecular complexity index is 812. The van der Waals surface area contributed by atoms with Crippen LogP contribution in [0.1, 0.15) is 0 Å². The Morgan fingerprint density at radius 1 is 1.20 bits per heavy atom. The van der Waals surface area contributed by atoms with Crippen molar-refractivity contribution < 1.29 is 4.39 Å². The Balaban J connectivity index is 2.42. The van der Waals surface area contributed by atoms with Crippen molar-refractivity contribution in [1.29, 1.82) is 0 Å². The number of benzene rings is 2. The van der Waals surface area contributed by atoms with Crippen molar-refractivity contribution in [3.63, 3.8) is 0 Å². The third-order valence-corrected chi connectivity index (χ3v) is 4.25. The largest absolute Gasteiger partial charge is 0.369 e. The number of anilines is 1. The number of aromatic nitrogens is 2. The second-order valence-electron chi connectivity index (χ2n) is 4.13. The predicted molar refractivity (Wildman–Crippen MR) is 83.2 cm³/mol. The first-order chi connectivity index (χ1) is 9.49. The van der Waals surface area contributed by atoms with Gasteiger partial charge < -0.3 is 5.73 Å². The maximum absolute atomic E-state index is 14.1. The molecule has 0 aliphatic heterocycles. The first-order valence-corrected chi connectivity index (χ1v) is 7.11. The lowest BCUT2D eigenvalue weighted by molar-refractivity contribution is 0.619. The quantitative estimate of drug-likeness (QED) is 0.663. The molecule has 102 valence electrons. The molecule has 3 nitrogen and oxygen atoms in total. The molecule has 20 heavy (non-hydrogen) atoms. The van der Waals surface area contributed by atoms with E-state index >= 15 is 0 Å². The topological polar surface area (TPSA) is 43.8 Å². The average Bonchev–Trinajstić information content (AvgIpc) is 2.67. The number of para-hydroxylation sites is 1. The van der Waals surface area contributed by atoms with E-state index < -0.39 is 5.82 Å². The van der Waals surface area contributed by atoms with E-state index in [0.29, 0.717) is 25.6 Å². The maximum atomic E-state index is 14.1. The van der Waals surface area contributed by atoms with Crippen LogP contribution in [-0.4, -0.2) is 9.55 Å². The number of nitrogen functional groups attached to an aromatic ring is 1. The van der Waals surface area contributed by atoms with Crippen LogP contribution in [0.5, 0.6) is 0 Å². The van der Waals surface area contributed by atoms with Crippen LogP contribution in [0.3, 0.4) is 0 Å². The minimum absolute atomic E-state index is 0.157. The Kier molecular flexibility index (Phi) is 3.36. The molecule has 0 saturated heterocycles. The van der Waals surface area contributed by atoms with Gasteiger partial charge in [-0.05, 0) is 40.2 Å². The molecule has 0 amide bonds. The van der Waals surface area contributed by atoms with Crippen molar-refractivity contribution in [2.75, 3.05) is 5.73 Å². The van der Waals surface area contributed by atoms with Gasteiger partial charge in [-0.3, -0.25) is 4.57 Å². The van der Waals surface area contributed by atoms with Gasteiger partial charge in [0, 0.05) is 4.47 Å². The van der Waals surface area contributed by atoms with Crippen molar-refractivity contribution in [2.45, 2.75) is 0 Å². The summed E-state index contributed by atoms with van der Waals surface area (Å²) in [6, 6.07) is 7.88. The summed E-state index contributed by atoms with van der Waals surface area (Å²) >= 11 is 15.3. The van der Waals surface area contributed by atoms with Gasteiger partial charge in [0.25, 0.3) is 0 Å². The molecule has 0 radical (unpaired) electrons. The van der Waals surface area contributed by atoms with E-state index in [-0.39, 0.29) is 11.6 Å². The number of hydrogen-bond acceptors (Lipinski definition) is 2. The van der Waals surface area contributed by atoms with E-state index in [9.17, 15) is 4.39 Å². The van der Waals surface area contributed by atoms with Gasteiger partial charge in [0.1, 0.15) is 5.82 Å². The standard InChI is InChI=1S/C13H7BrCl2FN3/c14-6-2-1-3-9(17)12(6)20-11-5-8(16)7(15)4-10(11)19-13(20)18/h1-5H,(H2,18,19). The molecule has 3 rings (SSSR count). The average molecular weight is 375 g/mol. The molecule has 1 heterocycles. The lowest BCUT2D eigenvalue weighted by Gasteiger charge is -2.10. The van der Waals surface area contributed by atoms with Crippen molar-refractivity contribution in [3.8, 4) is 5.69 Å². The molecular weight excluding hydrogens is 368 g/mol. The predicted octanol–water partition coefficient (Wildman–Crippen LogP) is 4.82. The van der Waals surface area contributed by atoms with Gasteiger partial charge in [0.15, 0.2) is 0 Å². The van der Waals surface area contributed by atoms with Gasteiger partial charge in [0.05, 0.1) is 26.8 Å². The highest BCUT2D eigenvalue weighted by Crippen LogP contribution is 2.34. The lowest BCUT2D eigenvalue weighted by Crippen LogP contribution is -2.03. The summed E-state index contributed by atoms with van der Waals surface area (Å²) in [6.07, 6.45) is 0. The second-order valence-corrected chi connectivity index (χ2v) is 5.80. The number of hydrogen-bond donors (Lipinski definition) is 1. The lowest BCUT2D eigenvalue weighted by atomic mass is 10.2. The highest BCUT2D eigenvalue weighted by atomic mass is 79.9. The molecule has 0 unspecified atom stereocenters. The third-order valence-electron chi connectivity index (χ3n) is 2.88. The van der Waals surface area contributed by atoms with E-state index in [1.165, 1.54) is 10.6 Å². The van der Waals surface area contributed by atoms with Crippen molar-refractivity contribution in [3.05, 3.63) is 50.7 Å². The molecule has 0 bridgehead atoms. The van der Waals surface area contributed by atoms with Gasteiger partial charge in [-0.1, -0.05) is 29.3 Å². The Labute approximate surface area is 132 Å². The fourth-order valence-corrected chi connectivity index (χ4v) is 2.86. The Hall–Kier alpha value is -1.30. The molecule has 0 saturated carbocycles. The zero-order valence-corrected chi connectivity index (χ0v) is 13.0. The molecule has 2 aromatic carbocycles. The minimum Gasteiger partial charge on any atom is -0.369 e. The molecule has 2 N–H and O–H groups in total. The highest BCUT2D eigenvalue weighted by molar-refractivity contribution is 9.10. The van der Waals surface area contributed by atoms with Crippen LogP contribution in [0.2, 0.25) is 10.0 Å². The van der Waals surface area contributed by atoms with Crippen LogP contribution < -0.4 is 5.73 Å². The van der Waals surface area contributed by atoms with Crippen LogP contribution in [0.15, 0.2) is 34.8 Å². The van der Waals surface area contributed by atoms with Crippen molar-refractivity contribution in [1.82, 2.24) is 9.55 Å². The normalized spacial score (nSPS) is 11.2. The van der Waals surface area contributed by atoms with Gasteiger partial charge >= 0.3 is 0 Å². The Morgan fingerprint density at radius 2 is 1.90 bits per heavy atom. The van der Waals surface area contributed by atoms with Crippen LogP contribution >= 0.6 is 39.1 Å². The summed E-state index contributed by atoms with van der Waals surface area (Å²) in [5, 5.41) is 0.726. The minimum atomic E-state index is -0.420. The SMILES string of the molecule is Nc1nc2cc(Cl)c(Cl)cc2n1-c1c(F)cccc1Br. The van der Waals surface area contributed by atoms with E-state index in [2.05, 4.69) is 20.9 Å². The molecule has 0 atom stereocenters. The van der Waals surface area contributed by atoms with Gasteiger partial charge in [-0.2, -0.15) is 0 Å². The molecule has 0 spiro atoms. The summed E-state index contributed by atoms with van der Waals surface area (Å²) in [4.78, 5) is 4.18. The van der Waals surface area contributed by atoms with Gasteiger partial charge in [-0.25, -0.2) is 9.37 Å². The van der Waals surface area contributed by atoms with Gasteiger partial charge in [-0.15, -0.1) is 0 Å². The zero-order chi connectivity index (χ0) is 14.4. The third kappa shape index (κ3) is 2.06. The van der Waals surface area contributed by atoms with Crippen LogP contribution in [-0.2, 0) is 0 Å². The van der Waals surface area contributed by atoms with E-state index in [4.69, 9.17) is 28.9 Å². The van der Waals surface area contributed by atoms with E-state index in [0.717, 1.165) is 0 Å². The fourth-order valence-electron chi connectivity index (χ4n) is 2.03. The summed E-state index contributed by atoms with van der Waals surface area (Å²) in [6.45, 7) is 0. The molecule has 0 aliphatic carbocycles. The summed E-state index contributed by atoms with van der Waals surface area (Å²) < 4.78 is 16.2. The molecule has 3 aromatic rings. The van der Waals surface area contributed by atoms with Crippen molar-refractivity contribution in [2.24, 2.45) is 0 Å². The highest BCUT2D eigenvalue weighted by Gasteiger charge is 2.17. The number of nitrogens with two attached hydrogens (primary N) is 1. The van der Waals surface area contributed by atoms with Crippen LogP contribution in [0.4, 0.5) is 10.3 Å². The number of fused-ring (bicyclic) bond motifs is 1. The monoisotopic (exact) mass is 373 g/mol. The van der Waals surface area contributed by atoms with Gasteiger partial charge in [0.2, 0.25) is 5.95 Å². The molecule has 7 heteroatoms. The number of imidazole rings is 1. The maximum Gasteiger partial charge on any atom is 0.206 e. The molecule has 1 aromatic heterocycles. The molecule has 0 fully saturated rings. The number of rotatable bonds is 1. The Morgan fingerprint density at radius 3 is 2.60 bits per heavy atom. The smallest absolute Gasteiger partial charge is 0.206 e. The number of nitrogens with zero attached hydrogens (tertiary/aromatic N) is 2. The van der Waals surface area contributed by atoms with Crippen LogP contribution in [0, 0.1) is 5.82 Å². The second kappa shape index (κ2) is 4.91. The number of halogens is 4. The first-order valence-electron chi connectivity index (χ1n) is 5.56. The molecule has 0 aliphatic rings. The van der Waals surface area contributed by atoms with E-state index in [1.54, 1.807) is 24.3 Å². The first kappa shape index (κ1) is 13.7. The summed E-state index contributed by atoms with van der Waals surface area (Å²) in [5.41, 5.74) is 7.32. The summed E-state index contributed by atoms with van der Waals surface area (Å²) in [5.74, 6) is -0.263.